The van der Waals surface area contributed by atoms with Crippen molar-refractivity contribution in [3.8, 4) is 0 Å². The lowest BCUT2D eigenvalue weighted by molar-refractivity contribution is 0.249. The monoisotopic (exact) mass is 287 g/mol. The maximum atomic E-state index is 6.29. The van der Waals surface area contributed by atoms with Gasteiger partial charge >= 0.3 is 0 Å². The summed E-state index contributed by atoms with van der Waals surface area (Å²) in [6.45, 7) is 1.89. The molecule has 1 aliphatic rings. The highest BCUT2D eigenvalue weighted by Crippen LogP contribution is 2.35. The first-order chi connectivity index (χ1) is 9.75. The van der Waals surface area contributed by atoms with E-state index >= 15 is 0 Å². The van der Waals surface area contributed by atoms with Crippen molar-refractivity contribution in [1.82, 2.24) is 9.88 Å². The molecule has 1 aromatic carbocycles. The average molecular weight is 288 g/mol. The highest BCUT2D eigenvalue weighted by Gasteiger charge is 2.26. The normalized spacial score (nSPS) is 19.4. The summed E-state index contributed by atoms with van der Waals surface area (Å²) in [7, 11) is 0. The zero-order valence-electron chi connectivity index (χ0n) is 11.3. The number of nitrogens with zero attached hydrogens (tertiary/aromatic N) is 2. The van der Waals surface area contributed by atoms with Crippen molar-refractivity contribution in [1.29, 1.82) is 0 Å². The molecular formula is C16H18ClN3. The van der Waals surface area contributed by atoms with E-state index in [1.807, 2.05) is 30.6 Å². The van der Waals surface area contributed by atoms with Crippen molar-refractivity contribution >= 4 is 17.3 Å². The maximum absolute atomic E-state index is 6.29. The summed E-state index contributed by atoms with van der Waals surface area (Å²) in [4.78, 5) is 6.55. The fraction of sp³-hybridized carbons (Fsp3) is 0.312. The summed E-state index contributed by atoms with van der Waals surface area (Å²) in [5.74, 6) is 0. The van der Waals surface area contributed by atoms with E-state index in [4.69, 9.17) is 17.3 Å². The van der Waals surface area contributed by atoms with Gasteiger partial charge in [-0.1, -0.05) is 17.7 Å². The van der Waals surface area contributed by atoms with Crippen molar-refractivity contribution in [2.75, 3.05) is 12.3 Å². The van der Waals surface area contributed by atoms with Gasteiger partial charge in [-0.15, -0.1) is 0 Å². The van der Waals surface area contributed by atoms with Crippen molar-refractivity contribution in [3.05, 3.63) is 58.9 Å². The van der Waals surface area contributed by atoms with Gasteiger partial charge in [0.2, 0.25) is 0 Å². The number of anilines is 1. The van der Waals surface area contributed by atoms with Crippen LogP contribution in [-0.4, -0.2) is 16.4 Å². The Bertz CT molecular complexity index is 565. The first kappa shape index (κ1) is 13.4. The predicted molar refractivity (Wildman–Crippen MR) is 82.5 cm³/mol. The molecule has 0 radical (unpaired) electrons. The minimum Gasteiger partial charge on any atom is -0.398 e. The number of likely N-dealkylation sites (tertiary alicyclic amines) is 1. The standard InChI is InChI=1S/C16H18ClN3/c17-14-3-1-4-15(18)13(14)11-20-10-2-5-16(20)12-6-8-19-9-7-12/h1,3-4,6-9,16H,2,5,10-11,18H2. The molecule has 2 heterocycles. The largest absolute Gasteiger partial charge is 0.398 e. The summed E-state index contributed by atoms with van der Waals surface area (Å²) < 4.78 is 0. The van der Waals surface area contributed by atoms with Crippen molar-refractivity contribution in [2.45, 2.75) is 25.4 Å². The summed E-state index contributed by atoms with van der Waals surface area (Å²) in [5.41, 5.74) is 9.20. The van der Waals surface area contributed by atoms with Gasteiger partial charge in [0.05, 0.1) is 0 Å². The molecule has 0 saturated carbocycles. The summed E-state index contributed by atoms with van der Waals surface area (Å²) >= 11 is 6.29. The molecule has 0 aliphatic carbocycles. The first-order valence-corrected chi connectivity index (χ1v) is 7.30. The predicted octanol–water partition coefficient (Wildman–Crippen LogP) is 3.65. The van der Waals surface area contributed by atoms with Gasteiger partial charge in [-0.25, -0.2) is 0 Å². The van der Waals surface area contributed by atoms with Crippen LogP contribution >= 0.6 is 11.6 Å². The quantitative estimate of drug-likeness (QED) is 0.876. The van der Waals surface area contributed by atoms with E-state index in [0.717, 1.165) is 29.4 Å². The van der Waals surface area contributed by atoms with Crippen molar-refractivity contribution in [3.63, 3.8) is 0 Å². The van der Waals surface area contributed by atoms with E-state index in [9.17, 15) is 0 Å². The third-order valence-electron chi connectivity index (χ3n) is 3.97. The van der Waals surface area contributed by atoms with Crippen LogP contribution in [0.25, 0.3) is 0 Å². The Balaban J connectivity index is 1.83. The fourth-order valence-corrected chi connectivity index (χ4v) is 3.17. The van der Waals surface area contributed by atoms with Crippen LogP contribution in [0.15, 0.2) is 42.7 Å². The second-order valence-corrected chi connectivity index (χ2v) is 5.62. The van der Waals surface area contributed by atoms with Gasteiger partial charge in [-0.3, -0.25) is 9.88 Å². The van der Waals surface area contributed by atoms with E-state index in [0.29, 0.717) is 6.04 Å². The van der Waals surface area contributed by atoms with E-state index < -0.39 is 0 Å². The molecule has 0 bridgehead atoms. The van der Waals surface area contributed by atoms with Crippen LogP contribution in [0.1, 0.15) is 30.0 Å². The summed E-state index contributed by atoms with van der Waals surface area (Å²) in [6, 6.07) is 10.3. The number of rotatable bonds is 3. The van der Waals surface area contributed by atoms with E-state index in [2.05, 4.69) is 22.0 Å². The third kappa shape index (κ3) is 2.65. The van der Waals surface area contributed by atoms with Gasteiger partial charge < -0.3 is 5.73 Å². The lowest BCUT2D eigenvalue weighted by Crippen LogP contribution is -2.23. The number of nitrogens with two attached hydrogens (primary N) is 1. The Kier molecular flexibility index (Phi) is 3.90. The van der Waals surface area contributed by atoms with Gasteiger partial charge in [-0.2, -0.15) is 0 Å². The van der Waals surface area contributed by atoms with Gasteiger partial charge in [0.25, 0.3) is 0 Å². The van der Waals surface area contributed by atoms with Crippen LogP contribution in [0, 0.1) is 0 Å². The highest BCUT2D eigenvalue weighted by atomic mass is 35.5. The zero-order chi connectivity index (χ0) is 13.9. The molecule has 1 saturated heterocycles. The molecule has 1 aromatic heterocycles. The molecule has 1 aliphatic heterocycles. The third-order valence-corrected chi connectivity index (χ3v) is 4.32. The highest BCUT2D eigenvalue weighted by molar-refractivity contribution is 6.31. The molecule has 0 amide bonds. The second kappa shape index (κ2) is 5.81. The maximum Gasteiger partial charge on any atom is 0.0471 e. The number of pyridine rings is 1. The topological polar surface area (TPSA) is 42.1 Å². The molecule has 2 aromatic rings. The molecule has 0 spiro atoms. The van der Waals surface area contributed by atoms with Gasteiger partial charge in [0.15, 0.2) is 0 Å². The van der Waals surface area contributed by atoms with Crippen LogP contribution in [0.3, 0.4) is 0 Å². The molecule has 104 valence electrons. The van der Waals surface area contributed by atoms with Crippen LogP contribution in [0.2, 0.25) is 5.02 Å². The molecule has 20 heavy (non-hydrogen) atoms. The van der Waals surface area contributed by atoms with Crippen LogP contribution in [-0.2, 0) is 6.54 Å². The zero-order valence-corrected chi connectivity index (χ0v) is 12.1. The number of halogens is 1. The molecule has 3 nitrogen and oxygen atoms in total. The number of nitrogen functional groups attached to an aromatic ring is 1. The number of hydrogen-bond donors (Lipinski definition) is 1. The number of aromatic nitrogens is 1. The Hall–Kier alpha value is -1.58. The number of hydrogen-bond acceptors (Lipinski definition) is 3. The summed E-state index contributed by atoms with van der Waals surface area (Å²) in [5, 5.41) is 0.755. The molecular weight excluding hydrogens is 270 g/mol. The van der Waals surface area contributed by atoms with Crippen LogP contribution < -0.4 is 5.73 Å². The van der Waals surface area contributed by atoms with Crippen molar-refractivity contribution in [2.24, 2.45) is 0 Å². The molecule has 3 rings (SSSR count). The smallest absolute Gasteiger partial charge is 0.0471 e. The summed E-state index contributed by atoms with van der Waals surface area (Å²) in [6.07, 6.45) is 6.09. The van der Waals surface area contributed by atoms with Gasteiger partial charge in [0, 0.05) is 41.3 Å². The van der Waals surface area contributed by atoms with Crippen LogP contribution in [0.4, 0.5) is 5.69 Å². The lowest BCUT2D eigenvalue weighted by Gasteiger charge is -2.25. The Morgan fingerprint density at radius 2 is 2.05 bits per heavy atom. The lowest BCUT2D eigenvalue weighted by atomic mass is 10.1. The van der Waals surface area contributed by atoms with Gasteiger partial charge in [0.1, 0.15) is 0 Å². The molecule has 1 fully saturated rings. The first-order valence-electron chi connectivity index (χ1n) is 6.92. The fourth-order valence-electron chi connectivity index (χ4n) is 2.92. The number of benzene rings is 1. The average Bonchev–Trinajstić information content (AvgIpc) is 2.92. The van der Waals surface area contributed by atoms with E-state index in [-0.39, 0.29) is 0 Å². The second-order valence-electron chi connectivity index (χ2n) is 5.22. The Labute approximate surface area is 124 Å². The van der Waals surface area contributed by atoms with Crippen molar-refractivity contribution < 1.29 is 0 Å². The minimum atomic E-state index is 0.439. The Morgan fingerprint density at radius 3 is 2.80 bits per heavy atom. The molecule has 4 heteroatoms. The van der Waals surface area contributed by atoms with Crippen LogP contribution in [0.5, 0.6) is 0 Å². The minimum absolute atomic E-state index is 0.439. The Morgan fingerprint density at radius 1 is 1.25 bits per heavy atom. The molecule has 1 atom stereocenters. The van der Waals surface area contributed by atoms with Gasteiger partial charge in [-0.05, 0) is 49.2 Å². The SMILES string of the molecule is Nc1cccc(Cl)c1CN1CCCC1c1ccncc1. The molecule has 2 N–H and O–H groups in total. The van der Waals surface area contributed by atoms with E-state index in [1.165, 1.54) is 18.4 Å². The molecule has 1 unspecified atom stereocenters. The van der Waals surface area contributed by atoms with E-state index in [1.54, 1.807) is 0 Å².